The molecule has 0 aromatic rings. The first kappa shape index (κ1) is 2.34. The second-order valence-electron chi connectivity index (χ2n) is 1.89. The first-order chi connectivity index (χ1) is 12.0. The zero-order valence-electron chi connectivity index (χ0n) is 22.2. The van der Waals surface area contributed by atoms with Gasteiger partial charge >= 0.3 is 5.97 Å². The van der Waals surface area contributed by atoms with E-state index in [1.165, 1.54) is 0 Å². The summed E-state index contributed by atoms with van der Waals surface area (Å²) in [5, 5.41) is 0. The average Bonchev–Trinajstić information content (AvgIpc) is 2.50. The number of hydrogen-bond donors (Lipinski definition) is 0. The van der Waals surface area contributed by atoms with Crippen LogP contribution in [0.1, 0.15) is 79.0 Å². The Bertz CT molecular complexity index is 577. The standard InChI is InChI=1S/C11H22O2/c1-3-5-6-7-8-9-11(12)13-10-4-2/h3-10H2,1-2H3/i1D3,3D2,5D2,6D2,7D2,8D2,9D2. The zero-order valence-corrected chi connectivity index (χ0v) is 7.23. The highest BCUT2D eigenvalue weighted by molar-refractivity contribution is 5.69. The second-order valence-corrected chi connectivity index (χ2v) is 1.89. The van der Waals surface area contributed by atoms with Crippen LogP contribution in [-0.4, -0.2) is 12.6 Å². The molecule has 0 radical (unpaired) electrons. The average molecular weight is 201 g/mol. The Balaban J connectivity index is 6.43. The molecule has 13 heavy (non-hydrogen) atoms. The third-order valence-electron chi connectivity index (χ3n) is 0.852. The Labute approximate surface area is 103 Å². The molecular weight excluding hydrogens is 164 g/mol. The molecule has 0 aromatic heterocycles. The van der Waals surface area contributed by atoms with E-state index < -0.39 is 51.1 Å². The second kappa shape index (κ2) is 9.56. The Hall–Kier alpha value is -0.530. The van der Waals surface area contributed by atoms with E-state index in [4.69, 9.17) is 20.6 Å². The van der Waals surface area contributed by atoms with E-state index in [0.717, 1.165) is 0 Å². The maximum absolute atomic E-state index is 11.9. The van der Waals surface area contributed by atoms with Gasteiger partial charge in [-0.2, -0.15) is 0 Å². The highest BCUT2D eigenvalue weighted by Crippen LogP contribution is 2.05. The zero-order chi connectivity index (χ0) is 23.2. The molecule has 0 atom stereocenters. The van der Waals surface area contributed by atoms with Gasteiger partial charge in [-0.25, -0.2) is 0 Å². The number of esters is 1. The molecule has 0 amide bonds. The molecule has 0 rings (SSSR count). The molecule has 0 aliphatic heterocycles. The maximum Gasteiger partial charge on any atom is 0.305 e. The minimum absolute atomic E-state index is 0.222. The molecule has 0 saturated carbocycles. The van der Waals surface area contributed by atoms with Crippen molar-refractivity contribution in [1.29, 1.82) is 0 Å². The summed E-state index contributed by atoms with van der Waals surface area (Å²) in [5.41, 5.74) is 0. The SMILES string of the molecule is [2H]C([2H])([2H])C([2H])([2H])C([2H])([2H])C([2H])([2H])C([2H])([2H])C([2H])([2H])C([2H])([2H])C(=O)OCCC. The molecule has 0 aliphatic carbocycles. The molecule has 0 heterocycles. The van der Waals surface area contributed by atoms with Crippen molar-refractivity contribution in [2.45, 2.75) is 58.4 Å². The van der Waals surface area contributed by atoms with Gasteiger partial charge in [0.05, 0.1) is 6.61 Å². The molecule has 2 heteroatoms. The van der Waals surface area contributed by atoms with Crippen LogP contribution in [0.15, 0.2) is 0 Å². The fourth-order valence-electron chi connectivity index (χ4n) is 0.407. The molecule has 0 spiro atoms. The van der Waals surface area contributed by atoms with E-state index in [1.54, 1.807) is 6.92 Å². The summed E-state index contributed by atoms with van der Waals surface area (Å²) in [6.45, 7) is -2.56. The molecule has 0 aliphatic rings. The lowest BCUT2D eigenvalue weighted by Crippen LogP contribution is -2.04. The molecule has 0 fully saturated rings. The normalized spacial score (nSPS) is 34.7. The summed E-state index contributed by atoms with van der Waals surface area (Å²) in [6, 6.07) is 0. The van der Waals surface area contributed by atoms with Crippen molar-refractivity contribution < 1.29 is 30.1 Å². The third kappa shape index (κ3) is 9.38. The highest BCUT2D eigenvalue weighted by Gasteiger charge is 2.00. The molecule has 0 unspecified atom stereocenters. The third-order valence-corrected chi connectivity index (χ3v) is 0.852. The van der Waals surface area contributed by atoms with Gasteiger partial charge in [-0.05, 0) is 12.8 Å². The van der Waals surface area contributed by atoms with Crippen LogP contribution in [-0.2, 0) is 9.53 Å². The van der Waals surface area contributed by atoms with Crippen molar-refractivity contribution >= 4 is 5.97 Å². The van der Waals surface area contributed by atoms with Crippen LogP contribution in [0.2, 0.25) is 0 Å². The number of carbonyl (C=O) groups excluding carboxylic acids is 1. The van der Waals surface area contributed by atoms with Gasteiger partial charge in [-0.3, -0.25) is 4.79 Å². The Kier molecular flexibility index (Phi) is 1.72. The van der Waals surface area contributed by atoms with Gasteiger partial charge in [-0.1, -0.05) is 39.3 Å². The molecule has 78 valence electrons. The van der Waals surface area contributed by atoms with E-state index >= 15 is 0 Å². The van der Waals surface area contributed by atoms with Crippen molar-refractivity contribution in [2.24, 2.45) is 0 Å². The van der Waals surface area contributed by atoms with Crippen molar-refractivity contribution in [3.63, 3.8) is 0 Å². The van der Waals surface area contributed by atoms with E-state index in [1.807, 2.05) is 0 Å². The predicted molar refractivity (Wildman–Crippen MR) is 54.6 cm³/mol. The van der Waals surface area contributed by atoms with Crippen LogP contribution in [0.5, 0.6) is 0 Å². The lowest BCUT2D eigenvalue weighted by Gasteiger charge is -2.02. The van der Waals surface area contributed by atoms with Gasteiger partial charge in [0.1, 0.15) is 0 Å². The van der Waals surface area contributed by atoms with Crippen LogP contribution in [0, 0.1) is 0 Å². The number of hydrogen-bond acceptors (Lipinski definition) is 2. The van der Waals surface area contributed by atoms with Gasteiger partial charge in [0, 0.05) is 26.9 Å². The smallest absolute Gasteiger partial charge is 0.305 e. The predicted octanol–water partition coefficient (Wildman–Crippen LogP) is 3.30. The van der Waals surface area contributed by atoms with Crippen LogP contribution in [0.25, 0.3) is 0 Å². The van der Waals surface area contributed by atoms with Crippen LogP contribution in [0.3, 0.4) is 0 Å². The largest absolute Gasteiger partial charge is 0.466 e. The van der Waals surface area contributed by atoms with Gasteiger partial charge in [0.15, 0.2) is 0 Å². The topological polar surface area (TPSA) is 26.3 Å². The van der Waals surface area contributed by atoms with E-state index in [0.29, 0.717) is 0 Å². The summed E-state index contributed by atoms with van der Waals surface area (Å²) in [7, 11) is 0. The van der Waals surface area contributed by atoms with E-state index in [-0.39, 0.29) is 13.0 Å². The van der Waals surface area contributed by atoms with E-state index in [2.05, 4.69) is 4.74 Å². The summed E-state index contributed by atoms with van der Waals surface area (Å²) in [5.74, 6) is -1.86. The minimum atomic E-state index is -4.24. The minimum Gasteiger partial charge on any atom is -0.466 e. The van der Waals surface area contributed by atoms with Gasteiger partial charge in [0.2, 0.25) is 0 Å². The molecule has 0 saturated heterocycles. The Morgan fingerprint density at radius 2 is 2.15 bits per heavy atom. The van der Waals surface area contributed by atoms with Gasteiger partial charge in [0.25, 0.3) is 0 Å². The Morgan fingerprint density at radius 1 is 1.38 bits per heavy atom. The van der Waals surface area contributed by atoms with Crippen molar-refractivity contribution in [1.82, 2.24) is 0 Å². The maximum atomic E-state index is 11.9. The summed E-state index contributed by atoms with van der Waals surface area (Å²) < 4.78 is 118. The highest BCUT2D eigenvalue weighted by atomic mass is 16.5. The van der Waals surface area contributed by atoms with E-state index in [9.17, 15) is 4.79 Å². The van der Waals surface area contributed by atoms with Crippen molar-refractivity contribution in [2.75, 3.05) is 6.61 Å². The molecule has 2 nitrogen and oxygen atoms in total. The number of ether oxygens (including phenoxy) is 1. The first-order valence-electron chi connectivity index (χ1n) is 11.2. The lowest BCUT2D eigenvalue weighted by molar-refractivity contribution is -0.143. The van der Waals surface area contributed by atoms with Crippen molar-refractivity contribution in [3.05, 3.63) is 0 Å². The van der Waals surface area contributed by atoms with Crippen LogP contribution in [0.4, 0.5) is 0 Å². The van der Waals surface area contributed by atoms with Crippen molar-refractivity contribution in [3.8, 4) is 0 Å². The molecular formula is C11H22O2. The fourth-order valence-corrected chi connectivity index (χ4v) is 0.407. The van der Waals surface area contributed by atoms with Gasteiger partial charge < -0.3 is 4.74 Å². The summed E-state index contributed by atoms with van der Waals surface area (Å²) >= 11 is 0. The first-order valence-corrected chi connectivity index (χ1v) is 3.65. The fraction of sp³-hybridized carbons (Fsp3) is 0.909. The summed E-state index contributed by atoms with van der Waals surface area (Å²) in [6.07, 6.45) is -24.3. The monoisotopic (exact) mass is 201 g/mol. The van der Waals surface area contributed by atoms with Gasteiger partial charge in [-0.15, -0.1) is 0 Å². The number of rotatable bonds is 8. The lowest BCUT2D eigenvalue weighted by atomic mass is 10.1. The molecule has 0 N–H and O–H groups in total. The summed E-state index contributed by atoms with van der Waals surface area (Å²) in [4.78, 5) is 11.9. The van der Waals surface area contributed by atoms with Crippen LogP contribution >= 0.6 is 0 Å². The quantitative estimate of drug-likeness (QED) is 0.563. The number of carbonyl (C=O) groups is 1. The molecule has 0 bridgehead atoms. The Morgan fingerprint density at radius 3 is 2.85 bits per heavy atom. The van der Waals surface area contributed by atoms with Crippen LogP contribution < -0.4 is 0 Å². The molecule has 0 aromatic carbocycles.